The van der Waals surface area contributed by atoms with Gasteiger partial charge in [0.1, 0.15) is 0 Å². The molecule has 0 spiro atoms. The molecule has 0 unspecified atom stereocenters. The molecule has 302 valence electrons. The molecule has 4 amide bonds. The van der Waals surface area contributed by atoms with Gasteiger partial charge >= 0.3 is 0 Å². The number of amides is 4. The Morgan fingerprint density at radius 3 is 1.37 bits per heavy atom. The molecule has 0 saturated heterocycles. The molecule has 0 fully saturated rings. The molecule has 0 radical (unpaired) electrons. The normalized spacial score (nSPS) is 12.7. The highest BCUT2D eigenvalue weighted by atomic mass is 16.2. The highest BCUT2D eigenvalue weighted by Crippen LogP contribution is 2.06. The summed E-state index contributed by atoms with van der Waals surface area (Å²) in [6.45, 7) is 10.4. The molecule has 13 heteroatoms. The van der Waals surface area contributed by atoms with Gasteiger partial charge in [-0.25, -0.2) is 0 Å². The van der Waals surface area contributed by atoms with Gasteiger partial charge in [-0.05, 0) is 110 Å². The second-order valence-corrected chi connectivity index (χ2v) is 13.5. The van der Waals surface area contributed by atoms with Gasteiger partial charge in [-0.15, -0.1) is 0 Å². The quantitative estimate of drug-likeness (QED) is 0.0376. The zero-order chi connectivity index (χ0) is 38.7. The Morgan fingerprint density at radius 2 is 0.942 bits per heavy atom. The molecule has 0 bridgehead atoms. The fourth-order valence-electron chi connectivity index (χ4n) is 5.60. The summed E-state index contributed by atoms with van der Waals surface area (Å²) >= 11 is 0. The Kier molecular flexibility index (Phi) is 33.3. The Morgan fingerprint density at radius 1 is 0.538 bits per heavy atom. The molecule has 52 heavy (non-hydrogen) atoms. The lowest BCUT2D eigenvalue weighted by molar-refractivity contribution is -0.132. The number of hydrogen-bond donors (Lipinski definition) is 7. The summed E-state index contributed by atoms with van der Waals surface area (Å²) in [4.78, 5) is 54.5. The van der Waals surface area contributed by atoms with Crippen molar-refractivity contribution >= 4 is 23.6 Å². The molecule has 2 atom stereocenters. The van der Waals surface area contributed by atoms with Crippen molar-refractivity contribution in [2.75, 3.05) is 65.4 Å². The van der Waals surface area contributed by atoms with Gasteiger partial charge in [0.2, 0.25) is 23.6 Å². The van der Waals surface area contributed by atoms with Crippen molar-refractivity contribution in [3.8, 4) is 0 Å². The van der Waals surface area contributed by atoms with Crippen LogP contribution in [0.25, 0.3) is 0 Å². The topological polar surface area (TPSA) is 215 Å². The summed E-state index contributed by atoms with van der Waals surface area (Å²) in [6, 6.07) is -1.06. The Balaban J connectivity index is 4.68. The first-order chi connectivity index (χ1) is 25.2. The lowest BCUT2D eigenvalue weighted by atomic mass is 10.1. The third-order valence-corrected chi connectivity index (χ3v) is 8.79. The minimum absolute atomic E-state index is 0.130. The molecule has 0 aromatic carbocycles. The van der Waals surface area contributed by atoms with Gasteiger partial charge < -0.3 is 48.7 Å². The smallest absolute Gasteiger partial charge is 0.236 e. The number of nitrogens with two attached hydrogens (primary N) is 4. The van der Waals surface area contributed by atoms with Crippen LogP contribution in [0.15, 0.2) is 24.3 Å². The highest BCUT2D eigenvalue weighted by Gasteiger charge is 2.16. The molecule has 0 heterocycles. The van der Waals surface area contributed by atoms with Crippen LogP contribution in [-0.2, 0) is 19.2 Å². The van der Waals surface area contributed by atoms with E-state index in [0.29, 0.717) is 90.9 Å². The lowest BCUT2D eigenvalue weighted by Crippen LogP contribution is -2.42. The number of allylic oxidation sites excluding steroid dienone is 4. The van der Waals surface area contributed by atoms with E-state index in [1.54, 1.807) is 0 Å². The van der Waals surface area contributed by atoms with Gasteiger partial charge in [-0.1, -0.05) is 51.0 Å². The van der Waals surface area contributed by atoms with Crippen LogP contribution in [0.5, 0.6) is 0 Å². The first-order valence-corrected chi connectivity index (χ1v) is 20.2. The van der Waals surface area contributed by atoms with Gasteiger partial charge in [0.15, 0.2) is 0 Å². The molecular weight excluding hydrogens is 658 g/mol. The average molecular weight is 736 g/mol. The third-order valence-electron chi connectivity index (χ3n) is 8.79. The van der Waals surface area contributed by atoms with Crippen LogP contribution >= 0.6 is 0 Å². The maximum atomic E-state index is 13.0. The van der Waals surface area contributed by atoms with Crippen molar-refractivity contribution in [1.82, 2.24) is 25.8 Å². The number of carbonyl (C=O) groups is 4. The van der Waals surface area contributed by atoms with Gasteiger partial charge in [-0.3, -0.25) is 19.2 Å². The van der Waals surface area contributed by atoms with E-state index in [4.69, 9.17) is 22.9 Å². The number of hydrogen-bond acceptors (Lipinski definition) is 9. The fourth-order valence-corrected chi connectivity index (χ4v) is 5.60. The number of unbranched alkanes of at least 4 members (excludes halogenated alkanes) is 3. The van der Waals surface area contributed by atoms with Crippen LogP contribution in [0.1, 0.15) is 123 Å². The van der Waals surface area contributed by atoms with E-state index in [1.807, 2.05) is 9.80 Å². The molecule has 0 aliphatic carbocycles. The Hall–Kier alpha value is -2.84. The average Bonchev–Trinajstić information content (AvgIpc) is 3.14. The summed E-state index contributed by atoms with van der Waals surface area (Å²) in [5.74, 6) is -0.0375. The number of nitrogens with zero attached hydrogens (tertiary/aromatic N) is 2. The number of nitrogens with one attached hydrogen (secondary N) is 3. The van der Waals surface area contributed by atoms with Crippen LogP contribution in [-0.4, -0.2) is 111 Å². The van der Waals surface area contributed by atoms with E-state index in [-0.39, 0.29) is 23.6 Å². The summed E-state index contributed by atoms with van der Waals surface area (Å²) in [5, 5.41) is 9.32. The molecule has 0 aliphatic rings. The van der Waals surface area contributed by atoms with Gasteiger partial charge in [0.25, 0.3) is 0 Å². The van der Waals surface area contributed by atoms with Crippen LogP contribution in [0, 0.1) is 0 Å². The summed E-state index contributed by atoms with van der Waals surface area (Å²) in [5.41, 5.74) is 23.0. The molecule has 0 saturated carbocycles. The van der Waals surface area contributed by atoms with Crippen molar-refractivity contribution in [2.45, 2.75) is 135 Å². The van der Waals surface area contributed by atoms with E-state index in [0.717, 1.165) is 83.7 Å². The summed E-state index contributed by atoms with van der Waals surface area (Å²) in [7, 11) is 0. The second kappa shape index (κ2) is 35.2. The standard InChI is InChI=1S/C39H77N9O4/c1-3-5-7-9-22-36(49)47(32-18-28-45-38(51)34(42)20-11-13-24-40)30-16-15-26-44-27-17-31-48(37(50)23-10-8-6-4-2)33-19-29-46-39(52)35(43)21-12-14-25-41/h5-8,34-35,44H,3-4,9-33,40-43H2,1-2H3,(H,45,51)(H,46,52)/t34-,35-/m0/s1. The Bertz CT molecular complexity index is 903. The molecule has 13 nitrogen and oxygen atoms in total. The van der Waals surface area contributed by atoms with Crippen molar-refractivity contribution in [2.24, 2.45) is 22.9 Å². The predicted molar refractivity (Wildman–Crippen MR) is 214 cm³/mol. The number of carbonyl (C=O) groups excluding carboxylic acids is 4. The van der Waals surface area contributed by atoms with Crippen molar-refractivity contribution in [3.63, 3.8) is 0 Å². The number of rotatable bonds is 35. The molecule has 0 rings (SSSR count). The van der Waals surface area contributed by atoms with Crippen LogP contribution in [0.3, 0.4) is 0 Å². The molecular formula is C39H77N9O4. The Labute approximate surface area is 315 Å². The highest BCUT2D eigenvalue weighted by molar-refractivity contribution is 5.81. The van der Waals surface area contributed by atoms with E-state index in [9.17, 15) is 19.2 Å². The minimum atomic E-state index is -0.529. The van der Waals surface area contributed by atoms with E-state index < -0.39 is 12.1 Å². The predicted octanol–water partition coefficient (Wildman–Crippen LogP) is 2.82. The van der Waals surface area contributed by atoms with Gasteiger partial charge in [0.05, 0.1) is 12.1 Å². The zero-order valence-electron chi connectivity index (χ0n) is 32.9. The summed E-state index contributed by atoms with van der Waals surface area (Å²) < 4.78 is 0. The summed E-state index contributed by atoms with van der Waals surface area (Å²) in [6.07, 6.45) is 21.2. The third kappa shape index (κ3) is 27.8. The first kappa shape index (κ1) is 49.2. The van der Waals surface area contributed by atoms with Crippen LogP contribution in [0.2, 0.25) is 0 Å². The maximum absolute atomic E-state index is 13.0. The monoisotopic (exact) mass is 736 g/mol. The maximum Gasteiger partial charge on any atom is 0.236 e. The molecule has 0 aromatic rings. The van der Waals surface area contributed by atoms with Crippen LogP contribution < -0.4 is 38.9 Å². The van der Waals surface area contributed by atoms with E-state index in [2.05, 4.69) is 54.1 Å². The van der Waals surface area contributed by atoms with Crippen molar-refractivity contribution in [1.29, 1.82) is 0 Å². The lowest BCUT2D eigenvalue weighted by Gasteiger charge is -2.24. The molecule has 0 aromatic heterocycles. The van der Waals surface area contributed by atoms with Gasteiger partial charge in [-0.2, -0.15) is 0 Å². The molecule has 11 N–H and O–H groups in total. The van der Waals surface area contributed by atoms with Crippen molar-refractivity contribution < 1.29 is 19.2 Å². The van der Waals surface area contributed by atoms with Crippen LogP contribution in [0.4, 0.5) is 0 Å². The fraction of sp³-hybridized carbons (Fsp3) is 0.795. The molecule has 0 aliphatic heterocycles. The minimum Gasteiger partial charge on any atom is -0.355 e. The SMILES string of the molecule is CCC=CCCC(=O)N(CCCCNCCCN(CCCNC(=O)[C@@H](N)CCCCN)C(=O)CCC=CCC)CCCNC(=O)[C@@H](N)CCCCN. The second-order valence-electron chi connectivity index (χ2n) is 13.5. The van der Waals surface area contributed by atoms with Gasteiger partial charge in [0, 0.05) is 52.1 Å². The zero-order valence-corrected chi connectivity index (χ0v) is 32.9. The van der Waals surface area contributed by atoms with E-state index in [1.165, 1.54) is 0 Å². The first-order valence-electron chi connectivity index (χ1n) is 20.2. The van der Waals surface area contributed by atoms with E-state index >= 15 is 0 Å². The van der Waals surface area contributed by atoms with Crippen molar-refractivity contribution in [3.05, 3.63) is 24.3 Å². The largest absolute Gasteiger partial charge is 0.355 e.